The zero-order chi connectivity index (χ0) is 23.3. The monoisotopic (exact) mass is 471 g/mol. The van der Waals surface area contributed by atoms with Crippen LogP contribution in [0.15, 0.2) is 35.6 Å². The molecule has 0 saturated carbocycles. The van der Waals surface area contributed by atoms with Crippen molar-refractivity contribution >= 4 is 27.0 Å². The molecule has 1 amide bonds. The van der Waals surface area contributed by atoms with E-state index in [9.17, 15) is 17.6 Å². The van der Waals surface area contributed by atoms with E-state index < -0.39 is 21.7 Å². The van der Waals surface area contributed by atoms with Gasteiger partial charge in [0.15, 0.2) is 0 Å². The van der Waals surface area contributed by atoms with Gasteiger partial charge in [0, 0.05) is 55.6 Å². The van der Waals surface area contributed by atoms with E-state index in [0.29, 0.717) is 35.3 Å². The Labute approximate surface area is 188 Å². The van der Waals surface area contributed by atoms with Crippen LogP contribution in [-0.2, 0) is 36.6 Å². The molecular weight excluding hydrogens is 449 g/mol. The fourth-order valence-corrected chi connectivity index (χ4v) is 5.83. The zero-order valence-corrected chi connectivity index (χ0v) is 18.8. The number of benzene rings is 1. The van der Waals surface area contributed by atoms with E-state index in [-0.39, 0.29) is 23.7 Å². The molecule has 33 heavy (non-hydrogen) atoms. The lowest BCUT2D eigenvalue weighted by Gasteiger charge is -2.25. The molecule has 10 nitrogen and oxygen atoms in total. The van der Waals surface area contributed by atoms with Crippen LogP contribution in [0.25, 0.3) is 11.0 Å². The van der Waals surface area contributed by atoms with Gasteiger partial charge >= 0.3 is 0 Å². The first-order valence-electron chi connectivity index (χ1n) is 10.3. The Bertz CT molecular complexity index is 1480. The number of imidazole rings is 1. The molecule has 1 aliphatic rings. The van der Waals surface area contributed by atoms with Gasteiger partial charge in [-0.15, -0.1) is 0 Å². The number of sulfonamides is 1. The maximum Gasteiger partial charge on any atom is 0.268 e. The van der Waals surface area contributed by atoms with Crippen molar-refractivity contribution in [2.24, 2.45) is 7.05 Å². The SMILES string of the molecule is Cc1[nH]c(C(=O)NCc2c(F)ccc3ncn(C)c23)cc1S(=O)(=O)N1CCc2[nH]ncc2C1. The third-order valence-corrected chi connectivity index (χ3v) is 7.92. The molecule has 0 spiro atoms. The molecule has 1 aliphatic heterocycles. The van der Waals surface area contributed by atoms with Crippen molar-refractivity contribution in [2.45, 2.75) is 31.3 Å². The van der Waals surface area contributed by atoms with Crippen LogP contribution in [0.4, 0.5) is 4.39 Å². The highest BCUT2D eigenvalue weighted by Crippen LogP contribution is 2.26. The van der Waals surface area contributed by atoms with Crippen molar-refractivity contribution in [3.8, 4) is 0 Å². The molecule has 0 bridgehead atoms. The maximum atomic E-state index is 14.5. The van der Waals surface area contributed by atoms with E-state index in [1.807, 2.05) is 0 Å². The van der Waals surface area contributed by atoms with E-state index in [1.54, 1.807) is 37.1 Å². The number of aromatic amines is 2. The molecule has 0 aliphatic carbocycles. The highest BCUT2D eigenvalue weighted by Gasteiger charge is 2.32. The normalized spacial score (nSPS) is 14.5. The Kier molecular flexibility index (Phi) is 5.05. The minimum absolute atomic E-state index is 0.0412. The Balaban J connectivity index is 1.36. The standard InChI is InChI=1S/C21H22FN7O3S/c1-12-19(33(31,32)29-6-5-16-13(10-29)8-25-27-16)7-18(26-12)21(30)23-9-14-15(22)3-4-17-20(14)28(2)11-24-17/h3-4,7-8,11,26H,5-6,9-10H2,1-2H3,(H,23,30)(H,25,27). The second-order valence-electron chi connectivity index (χ2n) is 8.07. The summed E-state index contributed by atoms with van der Waals surface area (Å²) in [4.78, 5) is 19.9. The third kappa shape index (κ3) is 3.60. The predicted molar refractivity (Wildman–Crippen MR) is 117 cm³/mol. The van der Waals surface area contributed by atoms with Crippen LogP contribution >= 0.6 is 0 Å². The number of nitrogens with zero attached hydrogens (tertiary/aromatic N) is 4. The molecule has 0 radical (unpaired) electrons. The van der Waals surface area contributed by atoms with Crippen molar-refractivity contribution in [3.63, 3.8) is 0 Å². The molecule has 4 aromatic rings. The lowest BCUT2D eigenvalue weighted by atomic mass is 10.1. The minimum atomic E-state index is -3.82. The smallest absolute Gasteiger partial charge is 0.268 e. The summed E-state index contributed by atoms with van der Waals surface area (Å²) in [5, 5.41) is 9.53. The summed E-state index contributed by atoms with van der Waals surface area (Å²) in [5.74, 6) is -0.991. The Morgan fingerprint density at radius 3 is 2.97 bits per heavy atom. The second-order valence-corrected chi connectivity index (χ2v) is 9.97. The van der Waals surface area contributed by atoms with E-state index >= 15 is 0 Å². The summed E-state index contributed by atoms with van der Waals surface area (Å²) < 4.78 is 44.0. The Morgan fingerprint density at radius 2 is 2.15 bits per heavy atom. The molecule has 4 heterocycles. The second kappa shape index (κ2) is 7.81. The summed E-state index contributed by atoms with van der Waals surface area (Å²) in [5.41, 5.74) is 3.73. The van der Waals surface area contributed by atoms with Gasteiger partial charge in [0.2, 0.25) is 10.0 Å². The number of H-pyrrole nitrogens is 2. The number of hydrogen-bond acceptors (Lipinski definition) is 5. The lowest BCUT2D eigenvalue weighted by Crippen LogP contribution is -2.35. The molecule has 0 unspecified atom stereocenters. The van der Waals surface area contributed by atoms with Gasteiger partial charge in [0.05, 0.1) is 23.6 Å². The Hall–Kier alpha value is -3.51. The number of carbonyl (C=O) groups excluding carboxylic acids is 1. The number of aryl methyl sites for hydroxylation is 2. The number of rotatable bonds is 5. The largest absolute Gasteiger partial charge is 0.353 e. The van der Waals surface area contributed by atoms with Crippen LogP contribution in [0.3, 0.4) is 0 Å². The van der Waals surface area contributed by atoms with Crippen LogP contribution in [0.2, 0.25) is 0 Å². The highest BCUT2D eigenvalue weighted by atomic mass is 32.2. The quantitative estimate of drug-likeness (QED) is 0.408. The van der Waals surface area contributed by atoms with Crippen LogP contribution < -0.4 is 5.32 Å². The molecule has 1 aromatic carbocycles. The van der Waals surface area contributed by atoms with Crippen molar-refractivity contribution < 1.29 is 17.6 Å². The molecule has 12 heteroatoms. The van der Waals surface area contributed by atoms with Gasteiger partial charge in [0.1, 0.15) is 16.4 Å². The van der Waals surface area contributed by atoms with E-state index in [0.717, 1.165) is 11.3 Å². The van der Waals surface area contributed by atoms with Crippen molar-refractivity contribution in [1.82, 2.24) is 34.4 Å². The average molecular weight is 472 g/mol. The van der Waals surface area contributed by atoms with Gasteiger partial charge in [-0.2, -0.15) is 9.40 Å². The molecule has 0 saturated heterocycles. The topological polar surface area (TPSA) is 129 Å². The number of amides is 1. The molecule has 5 rings (SSSR count). The van der Waals surface area contributed by atoms with Crippen LogP contribution in [0.1, 0.15) is 33.0 Å². The molecule has 0 fully saturated rings. The van der Waals surface area contributed by atoms with Crippen LogP contribution in [0.5, 0.6) is 0 Å². The van der Waals surface area contributed by atoms with E-state index in [4.69, 9.17) is 0 Å². The average Bonchev–Trinajstić information content (AvgIpc) is 3.51. The zero-order valence-electron chi connectivity index (χ0n) is 18.0. The highest BCUT2D eigenvalue weighted by molar-refractivity contribution is 7.89. The summed E-state index contributed by atoms with van der Waals surface area (Å²) in [6.45, 7) is 2.07. The fraction of sp³-hybridized carbons (Fsp3) is 0.286. The molecular formula is C21H22FN7O3S. The van der Waals surface area contributed by atoms with Gasteiger partial charge in [0.25, 0.3) is 5.91 Å². The first kappa shape index (κ1) is 21.3. The molecule has 3 N–H and O–H groups in total. The van der Waals surface area contributed by atoms with Crippen molar-refractivity contribution in [1.29, 1.82) is 0 Å². The van der Waals surface area contributed by atoms with Gasteiger partial charge in [-0.25, -0.2) is 17.8 Å². The van der Waals surface area contributed by atoms with Crippen molar-refractivity contribution in [3.05, 3.63) is 64.7 Å². The summed E-state index contributed by atoms with van der Waals surface area (Å²) in [7, 11) is -2.07. The predicted octanol–water partition coefficient (Wildman–Crippen LogP) is 1.75. The molecule has 172 valence electrons. The summed E-state index contributed by atoms with van der Waals surface area (Å²) >= 11 is 0. The van der Waals surface area contributed by atoms with Gasteiger partial charge in [-0.3, -0.25) is 9.89 Å². The summed E-state index contributed by atoms with van der Waals surface area (Å²) in [6.07, 6.45) is 3.74. The van der Waals surface area contributed by atoms with Gasteiger partial charge in [-0.05, 0) is 25.1 Å². The lowest BCUT2D eigenvalue weighted by molar-refractivity contribution is 0.0946. The number of hydrogen-bond donors (Lipinski definition) is 3. The fourth-order valence-electron chi connectivity index (χ4n) is 4.21. The number of carbonyl (C=O) groups is 1. The first-order valence-corrected chi connectivity index (χ1v) is 11.8. The van der Waals surface area contributed by atoms with Gasteiger partial charge < -0.3 is 14.9 Å². The van der Waals surface area contributed by atoms with E-state index in [1.165, 1.54) is 16.4 Å². The van der Waals surface area contributed by atoms with Crippen LogP contribution in [-0.4, -0.2) is 49.9 Å². The van der Waals surface area contributed by atoms with Gasteiger partial charge in [-0.1, -0.05) is 0 Å². The molecule has 0 atom stereocenters. The molecule has 3 aromatic heterocycles. The summed E-state index contributed by atoms with van der Waals surface area (Å²) in [6, 6.07) is 4.21. The Morgan fingerprint density at radius 1 is 1.33 bits per heavy atom. The number of nitrogens with one attached hydrogen (secondary N) is 3. The van der Waals surface area contributed by atoms with Crippen LogP contribution in [0, 0.1) is 12.7 Å². The first-order chi connectivity index (χ1) is 15.8. The number of halogens is 1. The number of aromatic nitrogens is 5. The number of fused-ring (bicyclic) bond motifs is 2. The minimum Gasteiger partial charge on any atom is -0.353 e. The van der Waals surface area contributed by atoms with E-state index in [2.05, 4.69) is 25.5 Å². The van der Waals surface area contributed by atoms with Crippen molar-refractivity contribution in [2.75, 3.05) is 6.54 Å². The maximum absolute atomic E-state index is 14.5. The third-order valence-electron chi connectivity index (χ3n) is 5.95.